The summed E-state index contributed by atoms with van der Waals surface area (Å²) in [4.78, 5) is 45.4. The Morgan fingerprint density at radius 3 is 2.44 bits per heavy atom. The summed E-state index contributed by atoms with van der Waals surface area (Å²) in [5.74, 6) is 0.633. The average Bonchev–Trinajstić information content (AvgIpc) is 3.23. The molecular weight excluding hydrogens is 500 g/mol. The van der Waals surface area contributed by atoms with Gasteiger partial charge >= 0.3 is 0 Å². The Kier molecular flexibility index (Phi) is 9.29. The van der Waals surface area contributed by atoms with E-state index < -0.39 is 5.54 Å². The number of hydrogen-bond acceptors (Lipinski definition) is 7. The SMILES string of the molecule is CCOCCCNC(=O)CN1CN(c2ccccc2)C2(CCN(C(=O)c3ccc(OC)cc3OC)CC2)C1=O. The van der Waals surface area contributed by atoms with Crippen molar-refractivity contribution in [1.82, 2.24) is 15.1 Å². The number of hydrogen-bond donors (Lipinski definition) is 1. The summed E-state index contributed by atoms with van der Waals surface area (Å²) in [5.41, 5.74) is 0.550. The molecule has 1 N–H and O–H groups in total. The Balaban J connectivity index is 1.47. The molecule has 0 aromatic heterocycles. The molecule has 10 nitrogen and oxygen atoms in total. The van der Waals surface area contributed by atoms with Crippen molar-refractivity contribution in [3.05, 3.63) is 54.1 Å². The van der Waals surface area contributed by atoms with Crippen LogP contribution in [0.1, 0.15) is 36.5 Å². The summed E-state index contributed by atoms with van der Waals surface area (Å²) in [5, 5.41) is 2.89. The summed E-state index contributed by atoms with van der Waals surface area (Å²) in [7, 11) is 3.09. The molecule has 0 unspecified atom stereocenters. The first kappa shape index (κ1) is 28.2. The molecule has 0 radical (unpaired) electrons. The van der Waals surface area contributed by atoms with Crippen LogP contribution in [-0.2, 0) is 14.3 Å². The first-order valence-electron chi connectivity index (χ1n) is 13.4. The van der Waals surface area contributed by atoms with Gasteiger partial charge in [-0.1, -0.05) is 18.2 Å². The number of anilines is 1. The van der Waals surface area contributed by atoms with Crippen LogP contribution < -0.4 is 19.7 Å². The maximum absolute atomic E-state index is 13.9. The fourth-order valence-corrected chi connectivity index (χ4v) is 5.32. The van der Waals surface area contributed by atoms with Crippen LogP contribution in [0.3, 0.4) is 0 Å². The van der Waals surface area contributed by atoms with Gasteiger partial charge in [-0.05, 0) is 50.5 Å². The van der Waals surface area contributed by atoms with Gasteiger partial charge in [0.15, 0.2) is 0 Å². The first-order chi connectivity index (χ1) is 18.9. The number of carbonyl (C=O) groups excluding carboxylic acids is 3. The van der Waals surface area contributed by atoms with Gasteiger partial charge in [-0.25, -0.2) is 0 Å². The Labute approximate surface area is 229 Å². The standard InChI is InChI=1S/C29H38N4O6/c1-4-39-18-8-15-30-26(34)20-32-21-33(22-9-6-5-7-10-22)29(28(32)36)13-16-31(17-14-29)27(35)24-12-11-23(37-2)19-25(24)38-3/h5-7,9-12,19H,4,8,13-18,20-21H2,1-3H3,(H,30,34). The minimum Gasteiger partial charge on any atom is -0.497 e. The first-order valence-corrected chi connectivity index (χ1v) is 13.4. The second-order valence-electron chi connectivity index (χ2n) is 9.70. The molecule has 2 aromatic carbocycles. The van der Waals surface area contributed by atoms with Gasteiger partial charge in [0, 0.05) is 44.6 Å². The van der Waals surface area contributed by atoms with E-state index in [-0.39, 0.29) is 24.3 Å². The number of rotatable bonds is 11. The van der Waals surface area contributed by atoms with Crippen LogP contribution in [0.5, 0.6) is 11.5 Å². The number of likely N-dealkylation sites (tertiary alicyclic amines) is 1. The molecule has 2 aromatic rings. The molecule has 2 fully saturated rings. The maximum Gasteiger partial charge on any atom is 0.257 e. The zero-order chi connectivity index (χ0) is 27.8. The molecule has 0 bridgehead atoms. The van der Waals surface area contributed by atoms with E-state index in [4.69, 9.17) is 14.2 Å². The topological polar surface area (TPSA) is 101 Å². The summed E-state index contributed by atoms with van der Waals surface area (Å²) in [6.45, 7) is 4.77. The lowest BCUT2D eigenvalue weighted by atomic mass is 9.85. The van der Waals surface area contributed by atoms with Crippen LogP contribution in [0.4, 0.5) is 5.69 Å². The summed E-state index contributed by atoms with van der Waals surface area (Å²) in [6.07, 6.45) is 1.63. The minimum absolute atomic E-state index is 0.00968. The highest BCUT2D eigenvalue weighted by atomic mass is 16.5. The van der Waals surface area contributed by atoms with Gasteiger partial charge in [0.05, 0.1) is 26.5 Å². The van der Waals surface area contributed by atoms with Crippen LogP contribution in [-0.4, -0.2) is 93.3 Å². The zero-order valence-electron chi connectivity index (χ0n) is 23.0. The van der Waals surface area contributed by atoms with Crippen LogP contribution in [0.25, 0.3) is 0 Å². The molecule has 210 valence electrons. The highest BCUT2D eigenvalue weighted by Crippen LogP contribution is 2.40. The van der Waals surface area contributed by atoms with Crippen LogP contribution in [0, 0.1) is 0 Å². The van der Waals surface area contributed by atoms with Crippen molar-refractivity contribution in [2.24, 2.45) is 0 Å². The van der Waals surface area contributed by atoms with Gasteiger partial charge in [-0.2, -0.15) is 0 Å². The number of nitrogens with zero attached hydrogens (tertiary/aromatic N) is 3. The van der Waals surface area contributed by atoms with Crippen LogP contribution in [0.15, 0.2) is 48.5 Å². The van der Waals surface area contributed by atoms with E-state index in [1.54, 1.807) is 35.1 Å². The Morgan fingerprint density at radius 2 is 1.77 bits per heavy atom. The van der Waals surface area contributed by atoms with Crippen molar-refractivity contribution in [1.29, 1.82) is 0 Å². The Morgan fingerprint density at radius 1 is 1.03 bits per heavy atom. The molecule has 3 amide bonds. The number of carbonyl (C=O) groups is 3. The number of piperidine rings is 1. The lowest BCUT2D eigenvalue weighted by Crippen LogP contribution is -2.57. The zero-order valence-corrected chi connectivity index (χ0v) is 23.0. The van der Waals surface area contributed by atoms with Crippen molar-refractivity contribution >= 4 is 23.4 Å². The van der Waals surface area contributed by atoms with Crippen LogP contribution >= 0.6 is 0 Å². The number of nitrogens with one attached hydrogen (secondary N) is 1. The van der Waals surface area contributed by atoms with Crippen molar-refractivity contribution in [2.75, 3.05) is 65.2 Å². The van der Waals surface area contributed by atoms with Gasteiger partial charge < -0.3 is 34.2 Å². The molecule has 1 spiro atoms. The Bertz CT molecular complexity index is 1150. The van der Waals surface area contributed by atoms with E-state index in [0.29, 0.717) is 69.4 Å². The maximum atomic E-state index is 13.9. The molecule has 10 heteroatoms. The highest BCUT2D eigenvalue weighted by Gasteiger charge is 2.54. The number of ether oxygens (including phenoxy) is 3. The molecule has 0 atom stereocenters. The van der Waals surface area contributed by atoms with E-state index in [1.165, 1.54) is 7.11 Å². The third-order valence-electron chi connectivity index (χ3n) is 7.43. The Hall–Kier alpha value is -3.79. The number of para-hydroxylation sites is 1. The quantitative estimate of drug-likeness (QED) is 0.439. The van der Waals surface area contributed by atoms with E-state index in [1.807, 2.05) is 37.3 Å². The van der Waals surface area contributed by atoms with Gasteiger partial charge in [-0.15, -0.1) is 0 Å². The van der Waals surface area contributed by atoms with Crippen molar-refractivity contribution in [2.45, 2.75) is 31.7 Å². The van der Waals surface area contributed by atoms with Gasteiger partial charge in [0.1, 0.15) is 23.6 Å². The number of benzene rings is 2. The van der Waals surface area contributed by atoms with E-state index >= 15 is 0 Å². The summed E-state index contributed by atoms with van der Waals surface area (Å²) < 4.78 is 16.0. The lowest BCUT2D eigenvalue weighted by molar-refractivity contribution is -0.137. The minimum atomic E-state index is -0.822. The smallest absolute Gasteiger partial charge is 0.257 e. The molecule has 2 aliphatic heterocycles. The van der Waals surface area contributed by atoms with Crippen molar-refractivity contribution in [3.8, 4) is 11.5 Å². The second-order valence-corrected chi connectivity index (χ2v) is 9.70. The summed E-state index contributed by atoms with van der Waals surface area (Å²) >= 11 is 0. The molecule has 2 aliphatic rings. The molecule has 0 saturated carbocycles. The number of methoxy groups -OCH3 is 2. The molecule has 2 heterocycles. The monoisotopic (exact) mass is 538 g/mol. The predicted octanol–water partition coefficient (Wildman–Crippen LogP) is 2.53. The number of amides is 3. The fourth-order valence-electron chi connectivity index (χ4n) is 5.32. The summed E-state index contributed by atoms with van der Waals surface area (Å²) in [6, 6.07) is 14.9. The average molecular weight is 539 g/mol. The van der Waals surface area contributed by atoms with E-state index in [9.17, 15) is 14.4 Å². The van der Waals surface area contributed by atoms with Gasteiger partial charge in [0.2, 0.25) is 5.91 Å². The van der Waals surface area contributed by atoms with Gasteiger partial charge in [0.25, 0.3) is 11.8 Å². The normalized spacial score (nSPS) is 16.5. The fraction of sp³-hybridized carbons (Fsp3) is 0.483. The molecule has 4 rings (SSSR count). The molecular formula is C29H38N4O6. The largest absolute Gasteiger partial charge is 0.497 e. The molecule has 2 saturated heterocycles. The van der Waals surface area contributed by atoms with E-state index in [2.05, 4.69) is 10.2 Å². The van der Waals surface area contributed by atoms with Crippen molar-refractivity contribution in [3.63, 3.8) is 0 Å². The lowest BCUT2D eigenvalue weighted by Gasteiger charge is -2.43. The van der Waals surface area contributed by atoms with Gasteiger partial charge in [-0.3, -0.25) is 14.4 Å². The molecule has 0 aliphatic carbocycles. The molecule has 39 heavy (non-hydrogen) atoms. The highest BCUT2D eigenvalue weighted by molar-refractivity contribution is 5.99. The third kappa shape index (κ3) is 6.11. The van der Waals surface area contributed by atoms with Crippen LogP contribution in [0.2, 0.25) is 0 Å². The van der Waals surface area contributed by atoms with Crippen molar-refractivity contribution < 1.29 is 28.6 Å². The second kappa shape index (κ2) is 12.8. The predicted molar refractivity (Wildman–Crippen MR) is 147 cm³/mol. The third-order valence-corrected chi connectivity index (χ3v) is 7.43. The van der Waals surface area contributed by atoms with E-state index in [0.717, 1.165) is 12.1 Å².